The number of aromatic carboxylic acids is 3. The smallest absolute Gasteiger partial charge is 0.335 e. The summed E-state index contributed by atoms with van der Waals surface area (Å²) >= 11 is 0. The Morgan fingerprint density at radius 3 is 1.29 bits per heavy atom. The van der Waals surface area contributed by atoms with Gasteiger partial charge in [0, 0.05) is 21.5 Å². The van der Waals surface area contributed by atoms with Crippen molar-refractivity contribution in [1.29, 1.82) is 0 Å². The minimum Gasteiger partial charge on any atom is -0.507 e. The third-order valence-corrected chi connectivity index (χ3v) is 6.72. The zero-order valence-corrected chi connectivity index (χ0v) is 17.0. The molecule has 6 N–H and O–H groups in total. The van der Waals surface area contributed by atoms with Gasteiger partial charge in [-0.25, -0.2) is 14.4 Å². The van der Waals surface area contributed by atoms with Gasteiger partial charge in [0.25, 0.3) is 0 Å². The van der Waals surface area contributed by atoms with Gasteiger partial charge in [-0.1, -0.05) is 0 Å². The molecule has 6 rings (SSSR count). The summed E-state index contributed by atoms with van der Waals surface area (Å²) in [7, 11) is 0. The molecule has 4 aromatic carbocycles. The van der Waals surface area contributed by atoms with Crippen molar-refractivity contribution in [2.75, 3.05) is 0 Å². The van der Waals surface area contributed by atoms with E-state index < -0.39 is 30.1 Å². The molecule has 9 heteroatoms. The van der Waals surface area contributed by atoms with E-state index in [1.807, 2.05) is 0 Å². The number of carboxylic acid groups (broad SMARTS) is 3. The molecular formula is C25H14O9. The summed E-state index contributed by atoms with van der Waals surface area (Å²) in [6, 6.07) is 7.57. The monoisotopic (exact) mass is 458 g/mol. The number of hydrogen-bond acceptors (Lipinski definition) is 6. The van der Waals surface area contributed by atoms with E-state index in [0.29, 0.717) is 21.9 Å². The molecule has 0 saturated heterocycles. The molecule has 0 amide bonds. The molecule has 34 heavy (non-hydrogen) atoms. The molecule has 0 aliphatic heterocycles. The number of hydrogen-bond donors (Lipinski definition) is 6. The normalized spacial score (nSPS) is 17.4. The van der Waals surface area contributed by atoms with E-state index in [0.717, 1.165) is 0 Å². The van der Waals surface area contributed by atoms with Crippen LogP contribution in [-0.4, -0.2) is 48.5 Å². The zero-order chi connectivity index (χ0) is 24.2. The molecule has 0 heterocycles. The maximum absolute atomic E-state index is 11.8. The third-order valence-electron chi connectivity index (χ3n) is 6.72. The molecule has 0 radical (unpaired) electrons. The first kappa shape index (κ1) is 20.2. The van der Waals surface area contributed by atoms with E-state index in [-0.39, 0.29) is 55.5 Å². The summed E-state index contributed by atoms with van der Waals surface area (Å²) in [4.78, 5) is 35.4. The van der Waals surface area contributed by atoms with Crippen LogP contribution in [0.4, 0.5) is 0 Å². The van der Waals surface area contributed by atoms with Crippen LogP contribution in [-0.2, 0) is 0 Å². The van der Waals surface area contributed by atoms with E-state index in [1.165, 1.54) is 36.4 Å². The standard InChI is InChI=1S/C25H14O9/c26-20-10-1-7(23(29)30)2-11-16(10)19-17-12(20)3-8(24(31)32)4-13(17)22(28)15-6-9(25(33)34)5-14(18(15)19)21(11)27/h1-6,20-21,26-28H,(H,29,30)(H,31,32)(H,33,34). The van der Waals surface area contributed by atoms with Crippen LogP contribution in [0.3, 0.4) is 0 Å². The minimum absolute atomic E-state index is 0.0974. The highest BCUT2D eigenvalue weighted by molar-refractivity contribution is 6.23. The van der Waals surface area contributed by atoms with Crippen molar-refractivity contribution >= 4 is 39.5 Å². The molecule has 4 aromatic rings. The first-order valence-corrected chi connectivity index (χ1v) is 10.1. The summed E-state index contributed by atoms with van der Waals surface area (Å²) < 4.78 is 0. The summed E-state index contributed by atoms with van der Waals surface area (Å²) in [5, 5.41) is 63.3. The third kappa shape index (κ3) is 2.31. The highest BCUT2D eigenvalue weighted by atomic mass is 16.4. The highest BCUT2D eigenvalue weighted by Crippen LogP contribution is 2.57. The molecule has 0 bridgehead atoms. The summed E-state index contributed by atoms with van der Waals surface area (Å²) in [5.41, 5.74) is 0.883. The first-order chi connectivity index (χ1) is 16.1. The van der Waals surface area contributed by atoms with Crippen LogP contribution in [0, 0.1) is 0 Å². The van der Waals surface area contributed by atoms with E-state index in [1.54, 1.807) is 0 Å². The van der Waals surface area contributed by atoms with Crippen LogP contribution in [0.5, 0.6) is 5.75 Å². The van der Waals surface area contributed by atoms with Crippen molar-refractivity contribution in [2.45, 2.75) is 12.2 Å². The lowest BCUT2D eigenvalue weighted by Crippen LogP contribution is -2.19. The van der Waals surface area contributed by atoms with Gasteiger partial charge < -0.3 is 30.6 Å². The number of carbonyl (C=O) groups is 3. The van der Waals surface area contributed by atoms with Crippen LogP contribution in [0.2, 0.25) is 0 Å². The number of carboxylic acids is 3. The lowest BCUT2D eigenvalue weighted by atomic mass is 9.71. The lowest BCUT2D eigenvalue weighted by Gasteiger charge is -2.35. The second-order valence-electron chi connectivity index (χ2n) is 8.45. The fourth-order valence-corrected chi connectivity index (χ4v) is 5.33. The largest absolute Gasteiger partial charge is 0.507 e. The van der Waals surface area contributed by atoms with Gasteiger partial charge in [-0.2, -0.15) is 0 Å². The molecule has 0 fully saturated rings. The maximum Gasteiger partial charge on any atom is 0.335 e. The van der Waals surface area contributed by atoms with Crippen LogP contribution in [0.15, 0.2) is 36.4 Å². The topological polar surface area (TPSA) is 173 Å². The maximum atomic E-state index is 11.8. The minimum atomic E-state index is -1.42. The van der Waals surface area contributed by atoms with Crippen molar-refractivity contribution in [3.8, 4) is 16.9 Å². The van der Waals surface area contributed by atoms with E-state index in [4.69, 9.17) is 0 Å². The van der Waals surface area contributed by atoms with E-state index in [2.05, 4.69) is 0 Å². The van der Waals surface area contributed by atoms with Crippen LogP contribution in [0.25, 0.3) is 32.7 Å². The number of aliphatic hydroxyl groups is 2. The Hall–Kier alpha value is -4.47. The quantitative estimate of drug-likeness (QED) is 0.252. The Balaban J connectivity index is 1.94. The highest BCUT2D eigenvalue weighted by Gasteiger charge is 2.38. The zero-order valence-electron chi connectivity index (χ0n) is 17.0. The molecule has 0 aromatic heterocycles. The summed E-state index contributed by atoms with van der Waals surface area (Å²) in [6.45, 7) is 0. The van der Waals surface area contributed by atoms with Gasteiger partial charge >= 0.3 is 17.9 Å². The Kier molecular flexibility index (Phi) is 3.74. The molecule has 9 nitrogen and oxygen atoms in total. The average Bonchev–Trinajstić information content (AvgIpc) is 2.80. The molecule has 2 aliphatic carbocycles. The fraction of sp³-hybridized carbons (Fsp3) is 0.0800. The van der Waals surface area contributed by atoms with Gasteiger partial charge in [-0.3, -0.25) is 0 Å². The van der Waals surface area contributed by atoms with Gasteiger partial charge in [0.05, 0.1) is 16.7 Å². The second-order valence-corrected chi connectivity index (χ2v) is 8.45. The van der Waals surface area contributed by atoms with Crippen molar-refractivity contribution in [1.82, 2.24) is 0 Å². The van der Waals surface area contributed by atoms with Gasteiger partial charge in [-0.15, -0.1) is 0 Å². The van der Waals surface area contributed by atoms with E-state index in [9.17, 15) is 45.0 Å². The Labute approximate surface area is 189 Å². The fourth-order valence-electron chi connectivity index (χ4n) is 5.33. The number of aromatic hydroxyl groups is 1. The molecule has 0 spiro atoms. The molecule has 168 valence electrons. The Morgan fingerprint density at radius 1 is 0.559 bits per heavy atom. The van der Waals surface area contributed by atoms with Gasteiger partial charge in [0.15, 0.2) is 0 Å². The second kappa shape index (κ2) is 6.31. The summed E-state index contributed by atoms with van der Waals surface area (Å²) in [6.07, 6.45) is -2.85. The summed E-state index contributed by atoms with van der Waals surface area (Å²) in [5.74, 6) is -4.29. The number of phenols is 1. The van der Waals surface area contributed by atoms with Gasteiger partial charge in [-0.05, 0) is 69.8 Å². The number of phenolic OH excluding ortho intramolecular Hbond substituents is 1. The van der Waals surface area contributed by atoms with E-state index >= 15 is 0 Å². The lowest BCUT2D eigenvalue weighted by molar-refractivity contribution is 0.0686. The molecule has 2 atom stereocenters. The van der Waals surface area contributed by atoms with Gasteiger partial charge in [0.2, 0.25) is 0 Å². The van der Waals surface area contributed by atoms with Crippen LogP contribution in [0.1, 0.15) is 65.5 Å². The molecule has 2 aliphatic rings. The Morgan fingerprint density at radius 2 is 0.912 bits per heavy atom. The van der Waals surface area contributed by atoms with Gasteiger partial charge in [0.1, 0.15) is 18.0 Å². The molecule has 0 saturated carbocycles. The van der Waals surface area contributed by atoms with Crippen molar-refractivity contribution in [3.05, 3.63) is 75.3 Å². The average molecular weight is 458 g/mol. The SMILES string of the molecule is O=C(O)c1cc2c3c(c1)C(O)c1cc(C(=O)O)cc4c(O)c5cc(C(=O)O)cc(c5c-3c14)C2O. The first-order valence-electron chi connectivity index (χ1n) is 10.1. The van der Waals surface area contributed by atoms with Crippen LogP contribution >= 0.6 is 0 Å². The number of aliphatic hydroxyl groups excluding tert-OH is 2. The number of benzene rings is 4. The van der Waals surface area contributed by atoms with Crippen molar-refractivity contribution in [2.24, 2.45) is 0 Å². The van der Waals surface area contributed by atoms with Crippen LogP contribution < -0.4 is 0 Å². The Bertz CT molecular complexity index is 1570. The molecule has 2 unspecified atom stereocenters. The number of rotatable bonds is 3. The predicted octanol–water partition coefficient (Wildman–Crippen LogP) is 3.25. The molecular weight excluding hydrogens is 444 g/mol. The van der Waals surface area contributed by atoms with Crippen molar-refractivity contribution < 1.29 is 45.0 Å². The van der Waals surface area contributed by atoms with Crippen molar-refractivity contribution in [3.63, 3.8) is 0 Å². The predicted molar refractivity (Wildman–Crippen MR) is 118 cm³/mol.